The van der Waals surface area contributed by atoms with Crippen LogP contribution in [0, 0.1) is 0 Å². The van der Waals surface area contributed by atoms with Crippen LogP contribution < -0.4 is 18.9 Å². The minimum atomic E-state index is -4.07. The minimum Gasteiger partial charge on any atom is -0.479 e. The van der Waals surface area contributed by atoms with E-state index in [1.54, 1.807) is 0 Å². The molecule has 4 rings (SSSR count). The fourth-order valence-electron chi connectivity index (χ4n) is 3.95. The van der Waals surface area contributed by atoms with E-state index in [1.165, 1.54) is 64.1 Å². The van der Waals surface area contributed by atoms with Crippen molar-refractivity contribution in [2.24, 2.45) is 0 Å². The Kier molecular flexibility index (Phi) is 17.7. The van der Waals surface area contributed by atoms with E-state index in [1.807, 2.05) is 0 Å². The van der Waals surface area contributed by atoms with Gasteiger partial charge in [0.25, 0.3) is 15.9 Å². The van der Waals surface area contributed by atoms with Crippen LogP contribution in [-0.2, 0) is 34.3 Å². The van der Waals surface area contributed by atoms with E-state index in [0.717, 1.165) is 17.8 Å². The zero-order valence-corrected chi connectivity index (χ0v) is 38.0. The molecule has 15 nitrogen and oxygen atoms in total. The molecule has 0 saturated carbocycles. The van der Waals surface area contributed by atoms with Crippen LogP contribution in [0.1, 0.15) is 0 Å². The number of methoxy groups -OCH3 is 3. The van der Waals surface area contributed by atoms with E-state index in [-0.39, 0.29) is 59.9 Å². The average molecular weight is 982 g/mol. The van der Waals surface area contributed by atoms with Gasteiger partial charge in [0, 0.05) is 20.2 Å². The molecule has 2 heterocycles. The number of rotatable bonds is 16. The number of esters is 1. The van der Waals surface area contributed by atoms with E-state index < -0.39 is 34.1 Å². The summed E-state index contributed by atoms with van der Waals surface area (Å²) >= 11 is 28.7. The molecule has 0 bridgehead atoms. The summed E-state index contributed by atoms with van der Waals surface area (Å²) in [6.45, 7) is 7.00. The SMILES string of the molecule is COC(=O)CSc1cnc(NS(=O)(=O)c2cccc(Cl)c2Cl)c(OC)n1.COc1nc(Br)cnc1-c1ccc(S(=O)(=O)NCOCC[Si](C)(C)C)c(Cl)c1Cl. The number of hydrogen-bond acceptors (Lipinski definition) is 14. The average Bonchev–Trinajstić information content (AvgIpc) is 3.12. The molecule has 0 radical (unpaired) electrons. The molecule has 2 aromatic carbocycles. The van der Waals surface area contributed by atoms with Crippen LogP contribution in [0.15, 0.2) is 62.1 Å². The van der Waals surface area contributed by atoms with Crippen molar-refractivity contribution in [3.05, 3.63) is 67.4 Å². The summed E-state index contributed by atoms with van der Waals surface area (Å²) in [5.41, 5.74) is 0.744. The Balaban J connectivity index is 0.000000297. The molecule has 0 aliphatic rings. The standard InChI is InChI=1S/C17H22BrCl2N3O4SSi.C14H13Cl2N3O5S2/c1-26-17-16(21-9-13(18)23-17)11-5-6-12(15(20)14(11)19)28(24,25)22-10-27-7-8-29(2,3)4;1-23-11(20)7-25-10-6-17-13(14(18-10)24-2)19-26(21,22)9-5-3-4-8(15)12(9)16/h5-6,9,22H,7-8,10H2,1-4H3;3-6H,7H2,1-2H3,(H,17,19). The highest BCUT2D eigenvalue weighted by Gasteiger charge is 2.25. The van der Waals surface area contributed by atoms with Crippen molar-refractivity contribution in [2.45, 2.75) is 40.5 Å². The summed E-state index contributed by atoms with van der Waals surface area (Å²) in [4.78, 5) is 27.3. The largest absolute Gasteiger partial charge is 0.479 e. The lowest BCUT2D eigenvalue weighted by Crippen LogP contribution is -2.28. The topological polar surface area (TPSA) is 198 Å². The molecule has 300 valence electrons. The molecule has 0 saturated heterocycles. The molecule has 0 aliphatic carbocycles. The van der Waals surface area contributed by atoms with E-state index >= 15 is 0 Å². The number of carbonyl (C=O) groups excluding carboxylic acids is 1. The van der Waals surface area contributed by atoms with Gasteiger partial charge in [-0.25, -0.2) is 36.8 Å². The van der Waals surface area contributed by atoms with Crippen molar-refractivity contribution in [1.29, 1.82) is 0 Å². The second-order valence-corrected chi connectivity index (χ2v) is 24.2. The number of halogens is 5. The fourth-order valence-corrected chi connectivity index (χ4v) is 9.16. The number of benzene rings is 2. The van der Waals surface area contributed by atoms with Gasteiger partial charge in [0.15, 0.2) is 0 Å². The number of nitrogens with zero attached hydrogens (tertiary/aromatic N) is 4. The molecule has 0 fully saturated rings. The van der Waals surface area contributed by atoms with Gasteiger partial charge in [-0.2, -0.15) is 4.72 Å². The normalized spacial score (nSPS) is 11.7. The number of anilines is 1. The minimum absolute atomic E-state index is 0.0253. The summed E-state index contributed by atoms with van der Waals surface area (Å²) in [6, 6.07) is 8.03. The number of carbonyl (C=O) groups is 1. The zero-order valence-electron chi connectivity index (χ0n) is 29.9. The molecular formula is C31H35BrCl4N6O9S3Si. The zero-order chi connectivity index (χ0) is 41.1. The van der Waals surface area contributed by atoms with Gasteiger partial charge < -0.3 is 18.9 Å². The molecule has 0 amide bonds. The van der Waals surface area contributed by atoms with Crippen LogP contribution in [0.4, 0.5) is 5.82 Å². The number of thioether (sulfide) groups is 1. The van der Waals surface area contributed by atoms with Crippen LogP contribution in [0.5, 0.6) is 11.8 Å². The molecule has 55 heavy (non-hydrogen) atoms. The third-order valence-corrected chi connectivity index (χ3v) is 14.4. The lowest BCUT2D eigenvalue weighted by molar-refractivity contribution is -0.137. The summed E-state index contributed by atoms with van der Waals surface area (Å²) in [5.74, 6) is -0.386. The van der Waals surface area contributed by atoms with Crippen LogP contribution in [0.2, 0.25) is 45.8 Å². The van der Waals surface area contributed by atoms with Gasteiger partial charge in [0.2, 0.25) is 21.7 Å². The molecule has 4 aromatic rings. The summed E-state index contributed by atoms with van der Waals surface area (Å²) in [6.07, 6.45) is 2.78. The number of sulfonamides is 2. The number of aromatic nitrogens is 4. The lowest BCUT2D eigenvalue weighted by Gasteiger charge is -2.16. The van der Waals surface area contributed by atoms with Crippen LogP contribution in [-0.4, -0.2) is 91.2 Å². The van der Waals surface area contributed by atoms with Gasteiger partial charge in [-0.05, 0) is 46.2 Å². The smallest absolute Gasteiger partial charge is 0.316 e. The second-order valence-electron chi connectivity index (χ2n) is 11.9. The molecule has 24 heteroatoms. The Labute approximate surface area is 352 Å². The Morgan fingerprint density at radius 3 is 2.16 bits per heavy atom. The third kappa shape index (κ3) is 13.5. The number of nitrogens with one attached hydrogen (secondary N) is 2. The predicted molar refractivity (Wildman–Crippen MR) is 220 cm³/mol. The number of hydrogen-bond donors (Lipinski definition) is 2. The first kappa shape index (κ1) is 46.9. The highest BCUT2D eigenvalue weighted by atomic mass is 79.9. The van der Waals surface area contributed by atoms with Crippen molar-refractivity contribution in [3.63, 3.8) is 0 Å². The van der Waals surface area contributed by atoms with Crippen molar-refractivity contribution in [2.75, 3.05) is 45.1 Å². The van der Waals surface area contributed by atoms with Gasteiger partial charge in [-0.15, -0.1) is 0 Å². The van der Waals surface area contributed by atoms with E-state index in [2.05, 4.69) is 69.7 Å². The molecule has 0 aliphatic heterocycles. The van der Waals surface area contributed by atoms with Crippen molar-refractivity contribution in [3.8, 4) is 23.0 Å². The van der Waals surface area contributed by atoms with Crippen molar-refractivity contribution < 1.29 is 40.6 Å². The quantitative estimate of drug-likeness (QED) is 0.0365. The van der Waals surface area contributed by atoms with Gasteiger partial charge in [0.1, 0.15) is 31.8 Å². The molecule has 0 spiro atoms. The van der Waals surface area contributed by atoms with Crippen LogP contribution in [0.3, 0.4) is 0 Å². The first-order chi connectivity index (χ1) is 25.7. The summed E-state index contributed by atoms with van der Waals surface area (Å²) in [5, 5.41) is 0.256. The van der Waals surface area contributed by atoms with Crippen molar-refractivity contribution >= 4 is 114 Å². The summed E-state index contributed by atoms with van der Waals surface area (Å²) in [7, 11) is -5.20. The summed E-state index contributed by atoms with van der Waals surface area (Å²) < 4.78 is 75.6. The maximum Gasteiger partial charge on any atom is 0.316 e. The van der Waals surface area contributed by atoms with Gasteiger partial charge in [0.05, 0.1) is 59.6 Å². The third-order valence-electron chi connectivity index (χ3n) is 6.76. The Morgan fingerprint density at radius 2 is 1.53 bits per heavy atom. The number of ether oxygens (including phenoxy) is 4. The maximum atomic E-state index is 12.6. The van der Waals surface area contributed by atoms with E-state index in [0.29, 0.717) is 27.5 Å². The second kappa shape index (κ2) is 20.8. The first-order valence-corrected chi connectivity index (χ1v) is 25.4. The Hall–Kier alpha value is -2.50. The Morgan fingerprint density at radius 1 is 0.855 bits per heavy atom. The maximum absolute atomic E-state index is 12.6. The van der Waals surface area contributed by atoms with Crippen LogP contribution >= 0.6 is 74.1 Å². The Bertz CT molecular complexity index is 2220. The molecule has 0 unspecified atom stereocenters. The molecule has 2 N–H and O–H groups in total. The van der Waals surface area contributed by atoms with Gasteiger partial charge in [-0.3, -0.25) is 9.52 Å². The van der Waals surface area contributed by atoms with Gasteiger partial charge >= 0.3 is 5.97 Å². The lowest BCUT2D eigenvalue weighted by atomic mass is 10.1. The molecule has 2 aromatic heterocycles. The highest BCUT2D eigenvalue weighted by Crippen LogP contribution is 2.40. The predicted octanol–water partition coefficient (Wildman–Crippen LogP) is 7.67. The van der Waals surface area contributed by atoms with E-state index in [9.17, 15) is 21.6 Å². The highest BCUT2D eigenvalue weighted by molar-refractivity contribution is 9.10. The fraction of sp³-hybridized carbons (Fsp3) is 0.323. The molecular weight excluding hydrogens is 946 g/mol. The van der Waals surface area contributed by atoms with Crippen LogP contribution in [0.25, 0.3) is 11.3 Å². The van der Waals surface area contributed by atoms with Crippen molar-refractivity contribution in [1.82, 2.24) is 24.7 Å². The van der Waals surface area contributed by atoms with E-state index in [4.69, 9.17) is 60.6 Å². The first-order valence-electron chi connectivity index (χ1n) is 15.4. The molecule has 0 atom stereocenters. The van der Waals surface area contributed by atoms with Gasteiger partial charge in [-0.1, -0.05) is 83.9 Å². The monoisotopic (exact) mass is 978 g/mol.